The number of furan rings is 1. The average molecular weight is 307 g/mol. The smallest absolute Gasteiger partial charge is 0.371 e. The van der Waals surface area contributed by atoms with Gasteiger partial charge in [-0.05, 0) is 18.6 Å². The number of methoxy groups -OCH3 is 1. The molecule has 0 aliphatic rings. The summed E-state index contributed by atoms with van der Waals surface area (Å²) in [4.78, 5) is 22.7. The Morgan fingerprint density at radius 3 is 2.64 bits per heavy atom. The van der Waals surface area contributed by atoms with E-state index in [4.69, 9.17) is 14.3 Å². The maximum atomic E-state index is 12.0. The zero-order chi connectivity index (χ0) is 16.3. The Balaban J connectivity index is 2.12. The number of aromatic nitrogens is 2. The van der Waals surface area contributed by atoms with Crippen molar-refractivity contribution in [3.63, 3.8) is 0 Å². The van der Waals surface area contributed by atoms with Crippen molar-refractivity contribution in [1.82, 2.24) is 15.1 Å². The minimum Gasteiger partial charge on any atom is -0.481 e. The van der Waals surface area contributed by atoms with Gasteiger partial charge < -0.3 is 19.6 Å². The third-order valence-corrected chi connectivity index (χ3v) is 3.17. The summed E-state index contributed by atoms with van der Waals surface area (Å²) in [5, 5.41) is 15.8. The quantitative estimate of drug-likeness (QED) is 0.831. The van der Waals surface area contributed by atoms with Gasteiger partial charge in [0.15, 0.2) is 5.76 Å². The first kappa shape index (κ1) is 15.6. The van der Waals surface area contributed by atoms with Crippen molar-refractivity contribution in [2.75, 3.05) is 7.11 Å². The molecule has 2 rings (SSSR count). The number of aromatic carboxylic acids is 1. The molecular weight excluding hydrogens is 290 g/mol. The molecule has 0 atom stereocenters. The molecule has 2 N–H and O–H groups in total. The predicted octanol–water partition coefficient (Wildman–Crippen LogP) is 1.21. The third-order valence-electron chi connectivity index (χ3n) is 3.17. The van der Waals surface area contributed by atoms with Crippen LogP contribution in [0.1, 0.15) is 39.3 Å². The van der Waals surface area contributed by atoms with Crippen LogP contribution in [-0.2, 0) is 20.0 Å². The lowest BCUT2D eigenvalue weighted by Gasteiger charge is -2.06. The Morgan fingerprint density at radius 2 is 2.09 bits per heavy atom. The fourth-order valence-electron chi connectivity index (χ4n) is 2.15. The summed E-state index contributed by atoms with van der Waals surface area (Å²) in [5.41, 5.74) is 1.61. The van der Waals surface area contributed by atoms with Crippen molar-refractivity contribution in [3.8, 4) is 5.88 Å². The lowest BCUT2D eigenvalue weighted by molar-refractivity contribution is 0.0659. The Labute approximate surface area is 126 Å². The molecule has 8 nitrogen and oxygen atoms in total. The maximum Gasteiger partial charge on any atom is 0.371 e. The molecule has 118 valence electrons. The van der Waals surface area contributed by atoms with E-state index in [2.05, 4.69) is 10.4 Å². The zero-order valence-electron chi connectivity index (χ0n) is 12.5. The summed E-state index contributed by atoms with van der Waals surface area (Å²) >= 11 is 0. The predicted molar refractivity (Wildman–Crippen MR) is 76.0 cm³/mol. The van der Waals surface area contributed by atoms with Crippen LogP contribution in [0.25, 0.3) is 0 Å². The molecule has 0 aliphatic heterocycles. The van der Waals surface area contributed by atoms with E-state index in [1.54, 1.807) is 11.7 Å². The summed E-state index contributed by atoms with van der Waals surface area (Å²) in [6, 6.07) is 2.55. The Kier molecular flexibility index (Phi) is 4.50. The van der Waals surface area contributed by atoms with Crippen molar-refractivity contribution >= 4 is 11.9 Å². The number of nitrogens with zero attached hydrogens (tertiary/aromatic N) is 2. The molecule has 2 aromatic rings. The fraction of sp³-hybridized carbons (Fsp3) is 0.357. The van der Waals surface area contributed by atoms with Crippen LogP contribution in [0.3, 0.4) is 0 Å². The number of carboxylic acids is 1. The van der Waals surface area contributed by atoms with Gasteiger partial charge in [-0.3, -0.25) is 4.79 Å². The van der Waals surface area contributed by atoms with Crippen molar-refractivity contribution in [3.05, 3.63) is 34.9 Å². The van der Waals surface area contributed by atoms with Gasteiger partial charge in [0.05, 0.1) is 24.9 Å². The highest BCUT2D eigenvalue weighted by molar-refractivity contribution is 5.93. The van der Waals surface area contributed by atoms with Gasteiger partial charge in [-0.15, -0.1) is 0 Å². The number of rotatable bonds is 6. The number of nitrogens with one attached hydrogen (secondary N) is 1. The van der Waals surface area contributed by atoms with E-state index in [0.717, 1.165) is 11.3 Å². The van der Waals surface area contributed by atoms with Gasteiger partial charge in [-0.2, -0.15) is 5.10 Å². The van der Waals surface area contributed by atoms with Crippen LogP contribution in [0.2, 0.25) is 0 Å². The van der Waals surface area contributed by atoms with Crippen LogP contribution < -0.4 is 10.1 Å². The van der Waals surface area contributed by atoms with Gasteiger partial charge >= 0.3 is 5.97 Å². The Bertz CT molecular complexity index is 701. The molecular formula is C14H17N3O5. The number of hydrogen-bond donors (Lipinski definition) is 2. The first-order valence-corrected chi connectivity index (χ1v) is 6.68. The molecule has 0 saturated carbocycles. The average Bonchev–Trinajstić information content (AvgIpc) is 3.09. The standard InChI is InChI=1S/C14H17N3O5/c1-4-9-8(13(21-3)17(2)16-9)7-15-12(18)10-5-6-11(22-10)14(19)20/h5-6H,4,7H2,1-3H3,(H,15,18)(H,19,20). The Hall–Kier alpha value is -2.77. The van der Waals surface area contributed by atoms with Gasteiger partial charge in [-0.1, -0.05) is 6.92 Å². The molecule has 0 bridgehead atoms. The lowest BCUT2D eigenvalue weighted by Crippen LogP contribution is -2.23. The Morgan fingerprint density at radius 1 is 1.41 bits per heavy atom. The molecule has 2 heterocycles. The van der Waals surface area contributed by atoms with E-state index in [9.17, 15) is 9.59 Å². The van der Waals surface area contributed by atoms with Crippen molar-refractivity contribution < 1.29 is 23.8 Å². The molecule has 0 aliphatic carbocycles. The van der Waals surface area contributed by atoms with Crippen LogP contribution in [0.5, 0.6) is 5.88 Å². The zero-order valence-corrected chi connectivity index (χ0v) is 12.5. The number of amides is 1. The molecule has 1 amide bonds. The number of ether oxygens (including phenoxy) is 1. The van der Waals surface area contributed by atoms with E-state index >= 15 is 0 Å². The van der Waals surface area contributed by atoms with Gasteiger partial charge in [0.1, 0.15) is 0 Å². The number of aryl methyl sites for hydroxylation is 2. The highest BCUT2D eigenvalue weighted by atomic mass is 16.5. The second kappa shape index (κ2) is 6.33. The summed E-state index contributed by atoms with van der Waals surface area (Å²) < 4.78 is 11.8. The molecule has 0 saturated heterocycles. The van der Waals surface area contributed by atoms with E-state index in [-0.39, 0.29) is 18.1 Å². The van der Waals surface area contributed by atoms with Gasteiger partial charge in [0, 0.05) is 7.05 Å². The van der Waals surface area contributed by atoms with Crippen molar-refractivity contribution in [2.45, 2.75) is 19.9 Å². The molecule has 8 heteroatoms. The van der Waals surface area contributed by atoms with Crippen molar-refractivity contribution in [1.29, 1.82) is 0 Å². The highest BCUT2D eigenvalue weighted by Gasteiger charge is 2.19. The topological polar surface area (TPSA) is 107 Å². The monoisotopic (exact) mass is 307 g/mol. The number of hydrogen-bond acceptors (Lipinski definition) is 5. The number of carboxylic acid groups (broad SMARTS) is 1. The SMILES string of the molecule is CCc1nn(C)c(OC)c1CNC(=O)c1ccc(C(=O)O)o1. The fourth-order valence-corrected chi connectivity index (χ4v) is 2.15. The summed E-state index contributed by atoms with van der Waals surface area (Å²) in [6.07, 6.45) is 0.701. The molecule has 0 aromatic carbocycles. The highest BCUT2D eigenvalue weighted by Crippen LogP contribution is 2.22. The van der Waals surface area contributed by atoms with E-state index in [1.807, 2.05) is 6.92 Å². The van der Waals surface area contributed by atoms with Gasteiger partial charge in [0.25, 0.3) is 5.91 Å². The van der Waals surface area contributed by atoms with Crippen LogP contribution in [-0.4, -0.2) is 33.9 Å². The maximum absolute atomic E-state index is 12.0. The summed E-state index contributed by atoms with van der Waals surface area (Å²) in [6.45, 7) is 2.17. The summed E-state index contributed by atoms with van der Waals surface area (Å²) in [5.74, 6) is -1.49. The molecule has 2 aromatic heterocycles. The van der Waals surface area contributed by atoms with Gasteiger partial charge in [0.2, 0.25) is 11.6 Å². The van der Waals surface area contributed by atoms with Gasteiger partial charge in [-0.25, -0.2) is 9.48 Å². The van der Waals surface area contributed by atoms with Crippen molar-refractivity contribution in [2.24, 2.45) is 7.05 Å². The lowest BCUT2D eigenvalue weighted by atomic mass is 10.2. The minimum absolute atomic E-state index is 0.0571. The van der Waals surface area contributed by atoms with E-state index in [1.165, 1.54) is 19.2 Å². The first-order valence-electron chi connectivity index (χ1n) is 6.68. The van der Waals surface area contributed by atoms with E-state index < -0.39 is 11.9 Å². The van der Waals surface area contributed by atoms with Crippen LogP contribution in [0, 0.1) is 0 Å². The summed E-state index contributed by atoms with van der Waals surface area (Å²) in [7, 11) is 3.29. The normalized spacial score (nSPS) is 10.5. The van der Waals surface area contributed by atoms with Crippen LogP contribution in [0.15, 0.2) is 16.5 Å². The van der Waals surface area contributed by atoms with Crippen LogP contribution in [0.4, 0.5) is 0 Å². The number of carbonyl (C=O) groups excluding carboxylic acids is 1. The van der Waals surface area contributed by atoms with Crippen LogP contribution >= 0.6 is 0 Å². The second-order valence-electron chi connectivity index (χ2n) is 4.56. The minimum atomic E-state index is -1.22. The molecule has 22 heavy (non-hydrogen) atoms. The molecule has 0 fully saturated rings. The second-order valence-corrected chi connectivity index (χ2v) is 4.56. The first-order chi connectivity index (χ1) is 10.5. The largest absolute Gasteiger partial charge is 0.481 e. The third kappa shape index (κ3) is 2.95. The molecule has 0 spiro atoms. The van der Waals surface area contributed by atoms with E-state index in [0.29, 0.717) is 12.3 Å². The number of carbonyl (C=O) groups is 2. The molecule has 0 radical (unpaired) electrons. The molecule has 0 unspecified atom stereocenters.